The van der Waals surface area contributed by atoms with Gasteiger partial charge in [-0.2, -0.15) is 0 Å². The Labute approximate surface area is 107 Å². The predicted molar refractivity (Wildman–Crippen MR) is 71.3 cm³/mol. The minimum Gasteiger partial charge on any atom is -0.314 e. The highest BCUT2D eigenvalue weighted by Crippen LogP contribution is 2.20. The average molecular weight is 261 g/mol. The van der Waals surface area contributed by atoms with E-state index in [4.69, 9.17) is 23.2 Å². The van der Waals surface area contributed by atoms with E-state index in [1.54, 1.807) is 6.07 Å². The average Bonchev–Trinajstić information content (AvgIpc) is 2.21. The fourth-order valence-corrected chi connectivity index (χ4v) is 1.74. The van der Waals surface area contributed by atoms with Crippen molar-refractivity contribution in [2.45, 2.75) is 25.9 Å². The molecular weight excluding hydrogens is 243 g/mol. The maximum Gasteiger partial charge on any atom is 0.0465 e. The molecule has 0 aliphatic heterocycles. The fourth-order valence-electron chi connectivity index (χ4n) is 1.26. The van der Waals surface area contributed by atoms with Crippen LogP contribution in [-0.2, 0) is 6.54 Å². The zero-order chi connectivity index (χ0) is 12.2. The van der Waals surface area contributed by atoms with E-state index < -0.39 is 0 Å². The summed E-state index contributed by atoms with van der Waals surface area (Å²) in [5.41, 5.74) is 1.15. The van der Waals surface area contributed by atoms with Crippen molar-refractivity contribution in [3.63, 3.8) is 0 Å². The largest absolute Gasteiger partial charge is 0.314 e. The highest BCUT2D eigenvalue weighted by atomic mass is 35.5. The first kappa shape index (κ1) is 13.8. The third-order valence-electron chi connectivity index (χ3n) is 2.57. The molecule has 0 spiro atoms. The normalized spacial score (nSPS) is 11.8. The summed E-state index contributed by atoms with van der Waals surface area (Å²) < 4.78 is 0. The van der Waals surface area contributed by atoms with Crippen LogP contribution in [0.3, 0.4) is 0 Å². The van der Waals surface area contributed by atoms with Crippen molar-refractivity contribution in [2.24, 2.45) is 0 Å². The van der Waals surface area contributed by atoms with Crippen LogP contribution in [0.1, 0.15) is 19.4 Å². The van der Waals surface area contributed by atoms with Crippen LogP contribution in [0.5, 0.6) is 0 Å². The van der Waals surface area contributed by atoms with Gasteiger partial charge in [-0.1, -0.05) is 29.3 Å². The van der Waals surface area contributed by atoms with Gasteiger partial charge in [0.25, 0.3) is 0 Å². The molecular formula is C12H18Cl2N2. The Hall–Kier alpha value is -0.280. The molecule has 2 N–H and O–H groups in total. The van der Waals surface area contributed by atoms with Gasteiger partial charge in [-0.15, -0.1) is 0 Å². The Morgan fingerprint density at radius 3 is 2.50 bits per heavy atom. The molecule has 16 heavy (non-hydrogen) atoms. The minimum atomic E-state index is 0.0822. The maximum atomic E-state index is 6.07. The van der Waals surface area contributed by atoms with E-state index in [2.05, 4.69) is 24.5 Å². The first-order valence-corrected chi connectivity index (χ1v) is 6.04. The minimum absolute atomic E-state index is 0.0822. The van der Waals surface area contributed by atoms with Crippen LogP contribution in [0.4, 0.5) is 0 Å². The number of rotatable bonds is 5. The molecule has 0 radical (unpaired) electrons. The molecule has 1 aromatic carbocycles. The molecule has 0 aliphatic rings. The molecule has 0 saturated carbocycles. The lowest BCUT2D eigenvalue weighted by Crippen LogP contribution is -2.45. The number of benzene rings is 1. The topological polar surface area (TPSA) is 24.1 Å². The van der Waals surface area contributed by atoms with Gasteiger partial charge in [0.2, 0.25) is 0 Å². The van der Waals surface area contributed by atoms with Crippen LogP contribution in [-0.4, -0.2) is 19.1 Å². The molecule has 0 atom stereocenters. The van der Waals surface area contributed by atoms with Gasteiger partial charge < -0.3 is 10.6 Å². The van der Waals surface area contributed by atoms with E-state index in [0.29, 0.717) is 10.0 Å². The highest BCUT2D eigenvalue weighted by molar-refractivity contribution is 6.35. The number of hydrogen-bond donors (Lipinski definition) is 2. The van der Waals surface area contributed by atoms with Crippen molar-refractivity contribution in [2.75, 3.05) is 13.6 Å². The summed E-state index contributed by atoms with van der Waals surface area (Å²) in [5.74, 6) is 0. The van der Waals surface area contributed by atoms with Gasteiger partial charge in [0.1, 0.15) is 0 Å². The summed E-state index contributed by atoms with van der Waals surface area (Å²) in [7, 11) is 1.96. The van der Waals surface area contributed by atoms with Crippen molar-refractivity contribution in [1.82, 2.24) is 10.6 Å². The second-order valence-corrected chi connectivity index (χ2v) is 5.32. The van der Waals surface area contributed by atoms with Crippen LogP contribution < -0.4 is 10.6 Å². The Bertz CT molecular complexity index is 351. The second-order valence-electron chi connectivity index (χ2n) is 4.47. The molecule has 1 aromatic rings. The molecule has 0 unspecified atom stereocenters. The van der Waals surface area contributed by atoms with Gasteiger partial charge >= 0.3 is 0 Å². The van der Waals surface area contributed by atoms with E-state index >= 15 is 0 Å². The Morgan fingerprint density at radius 2 is 1.94 bits per heavy atom. The number of likely N-dealkylation sites (N-methyl/N-ethyl adjacent to an activating group) is 1. The summed E-state index contributed by atoms with van der Waals surface area (Å²) in [6.07, 6.45) is 0. The van der Waals surface area contributed by atoms with Gasteiger partial charge in [-0.3, -0.25) is 0 Å². The standard InChI is InChI=1S/C12H18Cl2N2/c1-12(2,15-3)8-16-7-9-4-5-10(13)6-11(9)14/h4-6,15-16H,7-8H2,1-3H3. The number of halogens is 2. The Morgan fingerprint density at radius 1 is 1.25 bits per heavy atom. The van der Waals surface area contributed by atoms with Crippen LogP contribution in [0, 0.1) is 0 Å². The van der Waals surface area contributed by atoms with Crippen molar-refractivity contribution in [3.05, 3.63) is 33.8 Å². The third kappa shape index (κ3) is 4.30. The lowest BCUT2D eigenvalue weighted by Gasteiger charge is -2.24. The van der Waals surface area contributed by atoms with Gasteiger partial charge in [-0.05, 0) is 38.6 Å². The third-order valence-corrected chi connectivity index (χ3v) is 3.16. The maximum absolute atomic E-state index is 6.07. The van der Waals surface area contributed by atoms with Crippen molar-refractivity contribution >= 4 is 23.2 Å². The Balaban J connectivity index is 2.49. The predicted octanol–water partition coefficient (Wildman–Crippen LogP) is 3.08. The zero-order valence-corrected chi connectivity index (χ0v) is 11.4. The molecule has 2 nitrogen and oxygen atoms in total. The van der Waals surface area contributed by atoms with E-state index in [1.165, 1.54) is 0 Å². The number of hydrogen-bond acceptors (Lipinski definition) is 2. The molecule has 4 heteroatoms. The molecule has 0 fully saturated rings. The zero-order valence-electron chi connectivity index (χ0n) is 9.90. The summed E-state index contributed by atoms with van der Waals surface area (Å²) >= 11 is 11.9. The van der Waals surface area contributed by atoms with Crippen molar-refractivity contribution in [3.8, 4) is 0 Å². The van der Waals surface area contributed by atoms with Crippen LogP contribution >= 0.6 is 23.2 Å². The quantitative estimate of drug-likeness (QED) is 0.851. The highest BCUT2D eigenvalue weighted by Gasteiger charge is 2.13. The molecule has 1 rings (SSSR count). The van der Waals surface area contributed by atoms with E-state index in [-0.39, 0.29) is 5.54 Å². The monoisotopic (exact) mass is 260 g/mol. The van der Waals surface area contributed by atoms with Crippen LogP contribution in [0.15, 0.2) is 18.2 Å². The fraction of sp³-hybridized carbons (Fsp3) is 0.500. The van der Waals surface area contributed by atoms with E-state index in [1.807, 2.05) is 19.2 Å². The summed E-state index contributed by atoms with van der Waals surface area (Å²) in [6, 6.07) is 5.57. The molecule has 0 aliphatic carbocycles. The molecule has 0 saturated heterocycles. The van der Waals surface area contributed by atoms with Gasteiger partial charge in [0.15, 0.2) is 0 Å². The lowest BCUT2D eigenvalue weighted by atomic mass is 10.1. The lowest BCUT2D eigenvalue weighted by molar-refractivity contribution is 0.393. The van der Waals surface area contributed by atoms with E-state index in [0.717, 1.165) is 18.7 Å². The summed E-state index contributed by atoms with van der Waals surface area (Å²) in [5, 5.41) is 7.98. The first-order valence-electron chi connectivity index (χ1n) is 5.28. The number of nitrogens with one attached hydrogen (secondary N) is 2. The smallest absolute Gasteiger partial charge is 0.0465 e. The van der Waals surface area contributed by atoms with Gasteiger partial charge in [0, 0.05) is 28.7 Å². The molecule has 0 heterocycles. The van der Waals surface area contributed by atoms with Crippen LogP contribution in [0.2, 0.25) is 10.0 Å². The van der Waals surface area contributed by atoms with E-state index in [9.17, 15) is 0 Å². The first-order chi connectivity index (χ1) is 7.44. The van der Waals surface area contributed by atoms with Gasteiger partial charge in [-0.25, -0.2) is 0 Å². The molecule has 0 bridgehead atoms. The summed E-state index contributed by atoms with van der Waals surface area (Å²) in [6.45, 7) is 5.91. The van der Waals surface area contributed by atoms with Crippen molar-refractivity contribution < 1.29 is 0 Å². The second kappa shape index (κ2) is 5.87. The SMILES string of the molecule is CNC(C)(C)CNCc1ccc(Cl)cc1Cl. The van der Waals surface area contributed by atoms with Crippen molar-refractivity contribution in [1.29, 1.82) is 0 Å². The molecule has 0 aromatic heterocycles. The Kier molecular flexibility index (Phi) is 5.06. The van der Waals surface area contributed by atoms with Gasteiger partial charge in [0.05, 0.1) is 0 Å². The molecule has 90 valence electrons. The summed E-state index contributed by atoms with van der Waals surface area (Å²) in [4.78, 5) is 0. The molecule has 0 amide bonds. The van der Waals surface area contributed by atoms with Crippen LogP contribution in [0.25, 0.3) is 0 Å².